The highest BCUT2D eigenvalue weighted by Gasteiger charge is 2.19. The van der Waals surface area contributed by atoms with Gasteiger partial charge in [-0.05, 0) is 32.1 Å². The lowest BCUT2D eigenvalue weighted by Crippen LogP contribution is -2.34. The molecule has 5 nitrogen and oxygen atoms in total. The van der Waals surface area contributed by atoms with Gasteiger partial charge in [-0.2, -0.15) is 0 Å². The summed E-state index contributed by atoms with van der Waals surface area (Å²) in [4.78, 5) is 16.2. The van der Waals surface area contributed by atoms with E-state index in [0.29, 0.717) is 18.7 Å². The van der Waals surface area contributed by atoms with Crippen molar-refractivity contribution < 1.29 is 15.0 Å². The number of amides is 1. The predicted octanol–water partition coefficient (Wildman–Crippen LogP) is 0.875. The van der Waals surface area contributed by atoms with E-state index in [2.05, 4.69) is 4.90 Å². The molecule has 5 heteroatoms. The van der Waals surface area contributed by atoms with Gasteiger partial charge in [0.2, 0.25) is 0 Å². The third-order valence-corrected chi connectivity index (χ3v) is 3.16. The molecular formula is C13H18N2O3. The topological polar surface area (TPSA) is 64.0 Å². The number of hydrogen-bond acceptors (Lipinski definition) is 4. The van der Waals surface area contributed by atoms with E-state index in [9.17, 15) is 15.0 Å². The molecule has 0 atom stereocenters. The molecule has 0 unspecified atom stereocenters. The minimum absolute atomic E-state index is 0.0923. The molecule has 1 aliphatic heterocycles. The maximum atomic E-state index is 12.2. The van der Waals surface area contributed by atoms with Crippen LogP contribution in [0.25, 0.3) is 0 Å². The second-order valence-electron chi connectivity index (χ2n) is 4.69. The zero-order chi connectivity index (χ0) is 13.1. The molecule has 1 aromatic rings. The number of rotatable bonds is 1. The Labute approximate surface area is 106 Å². The van der Waals surface area contributed by atoms with Gasteiger partial charge in [-0.1, -0.05) is 0 Å². The van der Waals surface area contributed by atoms with Crippen molar-refractivity contribution in [1.82, 2.24) is 9.80 Å². The van der Waals surface area contributed by atoms with Crippen LogP contribution in [0.4, 0.5) is 0 Å². The monoisotopic (exact) mass is 250 g/mol. The van der Waals surface area contributed by atoms with Gasteiger partial charge < -0.3 is 20.0 Å². The molecule has 0 spiro atoms. The number of phenols is 2. The molecule has 1 aliphatic rings. The highest BCUT2D eigenvalue weighted by Crippen LogP contribution is 2.21. The molecule has 0 saturated carbocycles. The standard InChI is InChI=1S/C13H18N2O3/c1-14-3-2-4-15(6-5-14)13(18)10-7-11(16)9-12(17)8-10/h7-9,16-17H,2-6H2,1H3. The van der Waals surface area contributed by atoms with E-state index in [1.807, 2.05) is 7.05 Å². The quantitative estimate of drug-likeness (QED) is 0.776. The third kappa shape index (κ3) is 2.92. The summed E-state index contributed by atoms with van der Waals surface area (Å²) in [5.74, 6) is -0.327. The van der Waals surface area contributed by atoms with Gasteiger partial charge >= 0.3 is 0 Å². The van der Waals surface area contributed by atoms with Crippen LogP contribution in [0.2, 0.25) is 0 Å². The van der Waals surface area contributed by atoms with Gasteiger partial charge in [0.1, 0.15) is 11.5 Å². The van der Waals surface area contributed by atoms with Crippen LogP contribution in [-0.2, 0) is 0 Å². The summed E-state index contributed by atoms with van der Waals surface area (Å²) in [6.07, 6.45) is 0.938. The molecule has 98 valence electrons. The van der Waals surface area contributed by atoms with Gasteiger partial charge in [-0.15, -0.1) is 0 Å². The normalized spacial score (nSPS) is 17.5. The summed E-state index contributed by atoms with van der Waals surface area (Å²) in [6.45, 7) is 3.21. The van der Waals surface area contributed by atoms with Crippen molar-refractivity contribution in [2.75, 3.05) is 33.2 Å². The van der Waals surface area contributed by atoms with Crippen LogP contribution in [0, 0.1) is 0 Å². The van der Waals surface area contributed by atoms with Gasteiger partial charge in [0.05, 0.1) is 0 Å². The molecule has 2 rings (SSSR count). The van der Waals surface area contributed by atoms with Crippen LogP contribution in [0.5, 0.6) is 11.5 Å². The molecule has 0 radical (unpaired) electrons. The number of carbonyl (C=O) groups excluding carboxylic acids is 1. The Bertz CT molecular complexity index is 428. The number of aromatic hydroxyl groups is 2. The van der Waals surface area contributed by atoms with Gasteiger partial charge in [0.25, 0.3) is 5.91 Å². The molecule has 1 aromatic carbocycles. The first-order valence-corrected chi connectivity index (χ1v) is 6.07. The Hall–Kier alpha value is -1.75. The molecule has 1 fully saturated rings. The van der Waals surface area contributed by atoms with E-state index in [1.54, 1.807) is 4.90 Å². The second-order valence-corrected chi connectivity index (χ2v) is 4.69. The third-order valence-electron chi connectivity index (χ3n) is 3.16. The van der Waals surface area contributed by atoms with Gasteiger partial charge in [0, 0.05) is 31.3 Å². The Morgan fingerprint density at radius 1 is 1.06 bits per heavy atom. The van der Waals surface area contributed by atoms with E-state index in [4.69, 9.17) is 0 Å². The van der Waals surface area contributed by atoms with Crippen LogP contribution in [0.3, 0.4) is 0 Å². The fraction of sp³-hybridized carbons (Fsp3) is 0.462. The fourth-order valence-corrected chi connectivity index (χ4v) is 2.15. The summed E-state index contributed by atoms with van der Waals surface area (Å²) < 4.78 is 0. The number of phenolic OH excluding ortho intramolecular Hbond substituents is 2. The predicted molar refractivity (Wildman–Crippen MR) is 67.8 cm³/mol. The minimum atomic E-state index is -0.142. The zero-order valence-electron chi connectivity index (χ0n) is 10.5. The van der Waals surface area contributed by atoms with E-state index in [-0.39, 0.29) is 17.4 Å². The molecule has 2 N–H and O–H groups in total. The van der Waals surface area contributed by atoms with E-state index >= 15 is 0 Å². The zero-order valence-corrected chi connectivity index (χ0v) is 10.5. The van der Waals surface area contributed by atoms with Crippen LogP contribution >= 0.6 is 0 Å². The Balaban J connectivity index is 2.14. The van der Waals surface area contributed by atoms with Crippen molar-refractivity contribution in [3.8, 4) is 11.5 Å². The van der Waals surface area contributed by atoms with Gasteiger partial charge in [0.15, 0.2) is 0 Å². The average molecular weight is 250 g/mol. The molecule has 0 aromatic heterocycles. The van der Waals surface area contributed by atoms with Crippen molar-refractivity contribution in [1.29, 1.82) is 0 Å². The Kier molecular flexibility index (Phi) is 3.72. The fourth-order valence-electron chi connectivity index (χ4n) is 2.15. The van der Waals surface area contributed by atoms with Crippen molar-refractivity contribution in [2.45, 2.75) is 6.42 Å². The van der Waals surface area contributed by atoms with E-state index in [1.165, 1.54) is 18.2 Å². The maximum Gasteiger partial charge on any atom is 0.254 e. The molecule has 0 bridgehead atoms. The lowest BCUT2D eigenvalue weighted by Gasteiger charge is -2.20. The summed E-state index contributed by atoms with van der Waals surface area (Å²) in [5.41, 5.74) is 0.331. The number of carbonyl (C=O) groups is 1. The lowest BCUT2D eigenvalue weighted by molar-refractivity contribution is 0.0762. The van der Waals surface area contributed by atoms with Gasteiger partial charge in [-0.25, -0.2) is 0 Å². The summed E-state index contributed by atoms with van der Waals surface area (Å²) >= 11 is 0. The lowest BCUT2D eigenvalue weighted by atomic mass is 10.1. The Morgan fingerprint density at radius 3 is 2.39 bits per heavy atom. The van der Waals surface area contributed by atoms with Crippen LogP contribution < -0.4 is 0 Å². The first kappa shape index (κ1) is 12.7. The van der Waals surface area contributed by atoms with Crippen molar-refractivity contribution in [3.63, 3.8) is 0 Å². The molecule has 1 amide bonds. The molecule has 1 heterocycles. The number of likely N-dealkylation sites (N-methyl/N-ethyl adjacent to an activating group) is 1. The highest BCUT2D eigenvalue weighted by molar-refractivity contribution is 5.95. The minimum Gasteiger partial charge on any atom is -0.508 e. The summed E-state index contributed by atoms with van der Waals surface area (Å²) in [6, 6.07) is 3.99. The number of benzene rings is 1. The van der Waals surface area contributed by atoms with Crippen molar-refractivity contribution in [2.24, 2.45) is 0 Å². The van der Waals surface area contributed by atoms with Crippen LogP contribution in [-0.4, -0.2) is 59.1 Å². The molecule has 1 saturated heterocycles. The SMILES string of the molecule is CN1CCCN(C(=O)c2cc(O)cc(O)c2)CC1. The van der Waals surface area contributed by atoms with E-state index in [0.717, 1.165) is 19.5 Å². The number of hydrogen-bond donors (Lipinski definition) is 2. The van der Waals surface area contributed by atoms with Crippen LogP contribution in [0.15, 0.2) is 18.2 Å². The maximum absolute atomic E-state index is 12.2. The largest absolute Gasteiger partial charge is 0.508 e. The molecular weight excluding hydrogens is 232 g/mol. The summed E-state index contributed by atoms with van der Waals surface area (Å²) in [5, 5.41) is 18.8. The van der Waals surface area contributed by atoms with Crippen molar-refractivity contribution in [3.05, 3.63) is 23.8 Å². The average Bonchev–Trinajstić information content (AvgIpc) is 2.52. The second kappa shape index (κ2) is 5.27. The first-order chi connectivity index (χ1) is 8.56. The number of nitrogens with zero attached hydrogens (tertiary/aromatic N) is 2. The molecule has 18 heavy (non-hydrogen) atoms. The van der Waals surface area contributed by atoms with Gasteiger partial charge in [-0.3, -0.25) is 4.79 Å². The smallest absolute Gasteiger partial charge is 0.254 e. The Morgan fingerprint density at radius 2 is 1.72 bits per heavy atom. The van der Waals surface area contributed by atoms with E-state index < -0.39 is 0 Å². The first-order valence-electron chi connectivity index (χ1n) is 6.07. The van der Waals surface area contributed by atoms with Crippen molar-refractivity contribution >= 4 is 5.91 Å². The highest BCUT2D eigenvalue weighted by atomic mass is 16.3. The molecule has 0 aliphatic carbocycles. The van der Waals surface area contributed by atoms with Crippen LogP contribution in [0.1, 0.15) is 16.8 Å². The summed E-state index contributed by atoms with van der Waals surface area (Å²) in [7, 11) is 2.04.